The van der Waals surface area contributed by atoms with Gasteiger partial charge in [0.25, 0.3) is 0 Å². The molecular formula is C5H4NV-. The summed E-state index contributed by atoms with van der Waals surface area (Å²) < 4.78 is 0. The Morgan fingerprint density at radius 3 is 1.86 bits per heavy atom. The van der Waals surface area contributed by atoms with E-state index in [9.17, 15) is 0 Å². The van der Waals surface area contributed by atoms with Gasteiger partial charge < -0.3 is 4.98 Å². The molecule has 0 aromatic carbocycles. The second-order valence-corrected chi connectivity index (χ2v) is 0.947. The maximum atomic E-state index is 3.75. The Morgan fingerprint density at radius 2 is 1.71 bits per heavy atom. The van der Waals surface area contributed by atoms with Gasteiger partial charge in [-0.05, 0) is 0 Å². The molecule has 1 rings (SSSR count). The summed E-state index contributed by atoms with van der Waals surface area (Å²) in [5.74, 6) is 0. The molecule has 1 aromatic rings. The third kappa shape index (κ3) is 2.43. The smallest absolute Gasteiger partial charge is 0 e. The first-order chi connectivity index (χ1) is 3.00. The Balaban J connectivity index is 0.000000360. The molecule has 1 aromatic heterocycles. The van der Waals surface area contributed by atoms with E-state index in [2.05, 4.69) is 11.1 Å². The van der Waals surface area contributed by atoms with Crippen molar-refractivity contribution in [3.63, 3.8) is 0 Å². The van der Waals surface area contributed by atoms with Crippen molar-refractivity contribution in [1.29, 1.82) is 0 Å². The molecule has 0 saturated heterocycles. The summed E-state index contributed by atoms with van der Waals surface area (Å²) in [4.78, 5) is 3.75. The minimum Gasteiger partial charge on any atom is -0.391 e. The summed E-state index contributed by atoms with van der Waals surface area (Å²) in [5.41, 5.74) is 0. The molecule has 1 heterocycles. The molecule has 2 heteroatoms. The number of hydrogen-bond acceptors (Lipinski definition) is 1. The molecule has 0 N–H and O–H groups in total. The molecule has 0 amide bonds. The Hall–Kier alpha value is -0.266. The normalized spacial score (nSPS) is 6.86. The molecule has 0 aliphatic heterocycles. The van der Waals surface area contributed by atoms with Crippen molar-refractivity contribution in [2.75, 3.05) is 0 Å². The molecule has 1 nitrogen and oxygen atoms in total. The third-order valence-corrected chi connectivity index (χ3v) is 0.514. The molecule has 1 radical (unpaired) electrons. The molecule has 0 spiro atoms. The number of pyridine rings is 1. The van der Waals surface area contributed by atoms with Gasteiger partial charge in [-0.2, -0.15) is 18.2 Å². The van der Waals surface area contributed by atoms with Gasteiger partial charge in [0.1, 0.15) is 0 Å². The van der Waals surface area contributed by atoms with Crippen LogP contribution in [-0.2, 0) is 18.6 Å². The maximum absolute atomic E-state index is 3.75. The van der Waals surface area contributed by atoms with Gasteiger partial charge in [0.15, 0.2) is 0 Å². The summed E-state index contributed by atoms with van der Waals surface area (Å²) in [6.07, 6.45) is 3.39. The summed E-state index contributed by atoms with van der Waals surface area (Å²) in [7, 11) is 0. The monoisotopic (exact) mass is 129 g/mol. The summed E-state index contributed by atoms with van der Waals surface area (Å²) in [5, 5.41) is 0. The molecule has 0 aliphatic rings. The van der Waals surface area contributed by atoms with Gasteiger partial charge in [-0.1, -0.05) is 12.4 Å². The Kier molecular flexibility index (Phi) is 3.76. The SMILES string of the molecule is [V].[c-]1ccncc1. The molecule has 0 fully saturated rings. The van der Waals surface area contributed by atoms with Crippen LogP contribution in [0.5, 0.6) is 0 Å². The molecule has 0 aliphatic carbocycles. The van der Waals surface area contributed by atoms with E-state index < -0.39 is 0 Å². The van der Waals surface area contributed by atoms with Crippen molar-refractivity contribution in [2.24, 2.45) is 0 Å². The van der Waals surface area contributed by atoms with Crippen molar-refractivity contribution < 1.29 is 18.6 Å². The standard InChI is InChI=1S/C5H4N.V/c1-2-4-6-5-3-1;/h2-5H;/q-1;. The second-order valence-electron chi connectivity index (χ2n) is 0.947. The topological polar surface area (TPSA) is 12.9 Å². The first-order valence-corrected chi connectivity index (χ1v) is 1.76. The van der Waals surface area contributed by atoms with Gasteiger partial charge in [-0.15, -0.1) is 0 Å². The summed E-state index contributed by atoms with van der Waals surface area (Å²) >= 11 is 0. The molecule has 0 unspecified atom stereocenters. The first kappa shape index (κ1) is 6.73. The number of hydrogen-bond donors (Lipinski definition) is 0. The summed E-state index contributed by atoms with van der Waals surface area (Å²) in [6.45, 7) is 0. The minimum atomic E-state index is 0. The zero-order valence-corrected chi connectivity index (χ0v) is 5.10. The summed E-state index contributed by atoms with van der Waals surface area (Å²) in [6, 6.07) is 6.36. The van der Waals surface area contributed by atoms with Gasteiger partial charge in [0.05, 0.1) is 0 Å². The van der Waals surface area contributed by atoms with E-state index in [0.717, 1.165) is 0 Å². The van der Waals surface area contributed by atoms with Crippen molar-refractivity contribution in [3.05, 3.63) is 30.6 Å². The van der Waals surface area contributed by atoms with Crippen LogP contribution < -0.4 is 0 Å². The molecule has 0 atom stereocenters. The predicted octanol–water partition coefficient (Wildman–Crippen LogP) is 0.879. The fourth-order valence-electron chi connectivity index (χ4n) is 0.277. The van der Waals surface area contributed by atoms with Gasteiger partial charge in [-0.3, -0.25) is 0 Å². The second kappa shape index (κ2) is 3.91. The van der Waals surface area contributed by atoms with Crippen LogP contribution >= 0.6 is 0 Å². The van der Waals surface area contributed by atoms with Crippen molar-refractivity contribution in [3.8, 4) is 0 Å². The Labute approximate surface area is 54.7 Å². The van der Waals surface area contributed by atoms with Crippen LogP contribution in [0.25, 0.3) is 0 Å². The fraction of sp³-hybridized carbons (Fsp3) is 0. The van der Waals surface area contributed by atoms with Crippen LogP contribution in [0.4, 0.5) is 0 Å². The van der Waals surface area contributed by atoms with E-state index in [-0.39, 0.29) is 18.6 Å². The van der Waals surface area contributed by atoms with Crippen LogP contribution in [0.1, 0.15) is 0 Å². The van der Waals surface area contributed by atoms with Crippen LogP contribution in [0, 0.1) is 6.07 Å². The minimum absolute atomic E-state index is 0. The average Bonchev–Trinajstić information content (AvgIpc) is 1.72. The largest absolute Gasteiger partial charge is 0.391 e. The van der Waals surface area contributed by atoms with E-state index in [0.29, 0.717) is 0 Å². The maximum Gasteiger partial charge on any atom is 0 e. The van der Waals surface area contributed by atoms with E-state index in [4.69, 9.17) is 0 Å². The van der Waals surface area contributed by atoms with Gasteiger partial charge in [0.2, 0.25) is 0 Å². The molecular weight excluding hydrogens is 125 g/mol. The zero-order chi connectivity index (χ0) is 4.24. The first-order valence-electron chi connectivity index (χ1n) is 1.76. The van der Waals surface area contributed by atoms with E-state index in [1.165, 1.54) is 0 Å². The zero-order valence-electron chi connectivity index (χ0n) is 3.70. The van der Waals surface area contributed by atoms with Crippen LogP contribution in [0.3, 0.4) is 0 Å². The predicted molar refractivity (Wildman–Crippen MR) is 23.1 cm³/mol. The Morgan fingerprint density at radius 1 is 1.14 bits per heavy atom. The van der Waals surface area contributed by atoms with Crippen LogP contribution in [-0.4, -0.2) is 4.98 Å². The number of nitrogens with zero attached hydrogens (tertiary/aromatic N) is 1. The molecule has 35 valence electrons. The van der Waals surface area contributed by atoms with Gasteiger partial charge in [0, 0.05) is 18.6 Å². The third-order valence-electron chi connectivity index (χ3n) is 0.514. The van der Waals surface area contributed by atoms with Crippen molar-refractivity contribution in [2.45, 2.75) is 0 Å². The van der Waals surface area contributed by atoms with Crippen molar-refractivity contribution in [1.82, 2.24) is 4.98 Å². The molecule has 0 saturated carbocycles. The van der Waals surface area contributed by atoms with Gasteiger partial charge >= 0.3 is 0 Å². The Bertz CT molecular complexity index is 80.0. The van der Waals surface area contributed by atoms with Crippen LogP contribution in [0.15, 0.2) is 24.5 Å². The molecule has 0 bridgehead atoms. The van der Waals surface area contributed by atoms with Crippen molar-refractivity contribution >= 4 is 0 Å². The van der Waals surface area contributed by atoms with E-state index in [1.54, 1.807) is 24.5 Å². The van der Waals surface area contributed by atoms with Gasteiger partial charge in [-0.25, -0.2) is 0 Å². The average molecular weight is 129 g/mol. The van der Waals surface area contributed by atoms with E-state index >= 15 is 0 Å². The fourth-order valence-corrected chi connectivity index (χ4v) is 0.277. The quantitative estimate of drug-likeness (QED) is 0.474. The number of rotatable bonds is 0. The van der Waals surface area contributed by atoms with E-state index in [1.807, 2.05) is 0 Å². The van der Waals surface area contributed by atoms with Crippen LogP contribution in [0.2, 0.25) is 0 Å². The number of aromatic nitrogens is 1. The molecule has 7 heavy (non-hydrogen) atoms.